The SMILES string of the molecule is O=C(COc1cnc(NC2CCC(Oc3nc(N4CCOCC4)cc4ncccc34)CC2)nc1)N1CCC1. The number of hydrogen-bond acceptors (Lipinski definition) is 10. The fraction of sp³-hybridized carbons (Fsp3) is 0.519. The summed E-state index contributed by atoms with van der Waals surface area (Å²) >= 11 is 0. The number of nitrogens with zero attached hydrogens (tertiary/aromatic N) is 6. The third kappa shape index (κ3) is 5.72. The van der Waals surface area contributed by atoms with Crippen molar-refractivity contribution in [3.8, 4) is 11.6 Å². The first-order chi connectivity index (χ1) is 18.7. The number of amides is 1. The molecule has 0 bridgehead atoms. The fourth-order valence-electron chi connectivity index (χ4n) is 5.01. The standard InChI is InChI=1S/C27H33N7O4/c35-25(34-9-2-10-34)18-37-21-16-29-27(30-17-21)31-19-4-6-20(7-5-19)38-26-22-3-1-8-28-23(22)15-24(32-26)33-11-13-36-14-12-33/h1,3,8,15-17,19-20H,2,4-7,9-14,18H2,(H,29,30,31). The van der Waals surface area contributed by atoms with Crippen LogP contribution in [0.3, 0.4) is 0 Å². The minimum Gasteiger partial charge on any atom is -0.481 e. The van der Waals surface area contributed by atoms with Gasteiger partial charge in [-0.1, -0.05) is 0 Å². The topological polar surface area (TPSA) is 115 Å². The Bertz CT molecular complexity index is 1240. The second-order valence-electron chi connectivity index (χ2n) is 9.96. The van der Waals surface area contributed by atoms with Gasteiger partial charge in [0.05, 0.1) is 36.5 Å². The van der Waals surface area contributed by atoms with Gasteiger partial charge in [-0.3, -0.25) is 9.78 Å². The summed E-state index contributed by atoms with van der Waals surface area (Å²) in [5, 5.41) is 4.36. The van der Waals surface area contributed by atoms with Crippen LogP contribution in [0, 0.1) is 0 Å². The van der Waals surface area contributed by atoms with Gasteiger partial charge in [-0.2, -0.15) is 4.98 Å². The number of carbonyl (C=O) groups is 1. The van der Waals surface area contributed by atoms with Gasteiger partial charge in [0.15, 0.2) is 12.4 Å². The Balaban J connectivity index is 1.02. The molecule has 0 radical (unpaired) electrons. The van der Waals surface area contributed by atoms with Crippen LogP contribution in [-0.2, 0) is 9.53 Å². The predicted octanol–water partition coefficient (Wildman–Crippen LogP) is 2.67. The van der Waals surface area contributed by atoms with E-state index in [9.17, 15) is 4.79 Å². The molecule has 5 heterocycles. The molecular formula is C27H33N7O4. The van der Waals surface area contributed by atoms with E-state index in [2.05, 4.69) is 25.2 Å². The van der Waals surface area contributed by atoms with E-state index in [0.717, 1.165) is 75.0 Å². The molecule has 3 aromatic rings. The summed E-state index contributed by atoms with van der Waals surface area (Å²) in [5.41, 5.74) is 0.892. The third-order valence-corrected chi connectivity index (χ3v) is 7.37. The molecule has 200 valence electrons. The second kappa shape index (κ2) is 11.3. The molecule has 1 N–H and O–H groups in total. The molecule has 38 heavy (non-hydrogen) atoms. The number of ether oxygens (including phenoxy) is 3. The van der Waals surface area contributed by atoms with Gasteiger partial charge < -0.3 is 29.3 Å². The lowest BCUT2D eigenvalue weighted by atomic mass is 9.93. The number of fused-ring (bicyclic) bond motifs is 1. The largest absolute Gasteiger partial charge is 0.481 e. The zero-order valence-electron chi connectivity index (χ0n) is 21.4. The Morgan fingerprint density at radius 3 is 2.58 bits per heavy atom. The molecule has 3 fully saturated rings. The van der Waals surface area contributed by atoms with Crippen molar-refractivity contribution in [1.82, 2.24) is 24.8 Å². The third-order valence-electron chi connectivity index (χ3n) is 7.37. The predicted molar refractivity (Wildman–Crippen MR) is 142 cm³/mol. The molecule has 2 saturated heterocycles. The van der Waals surface area contributed by atoms with Crippen molar-refractivity contribution in [2.45, 2.75) is 44.2 Å². The fourth-order valence-corrected chi connectivity index (χ4v) is 5.01. The molecule has 1 amide bonds. The lowest BCUT2D eigenvalue weighted by molar-refractivity contribution is -0.136. The van der Waals surface area contributed by atoms with Crippen LogP contribution in [0.15, 0.2) is 36.8 Å². The van der Waals surface area contributed by atoms with Crippen molar-refractivity contribution in [2.75, 3.05) is 56.2 Å². The van der Waals surface area contributed by atoms with Gasteiger partial charge in [-0.25, -0.2) is 9.97 Å². The summed E-state index contributed by atoms with van der Waals surface area (Å²) in [7, 11) is 0. The molecule has 0 aromatic carbocycles. The van der Waals surface area contributed by atoms with Gasteiger partial charge in [0.25, 0.3) is 5.91 Å². The Morgan fingerprint density at radius 2 is 1.84 bits per heavy atom. The van der Waals surface area contributed by atoms with Gasteiger partial charge in [0, 0.05) is 44.5 Å². The Morgan fingerprint density at radius 1 is 1.05 bits per heavy atom. The van der Waals surface area contributed by atoms with Crippen molar-refractivity contribution in [2.24, 2.45) is 0 Å². The molecule has 1 saturated carbocycles. The Kier molecular flexibility index (Phi) is 7.34. The van der Waals surface area contributed by atoms with Gasteiger partial charge in [0.2, 0.25) is 11.8 Å². The van der Waals surface area contributed by atoms with Crippen LogP contribution in [0.5, 0.6) is 11.6 Å². The Labute approximate surface area is 221 Å². The molecule has 0 unspecified atom stereocenters. The van der Waals surface area contributed by atoms with Crippen molar-refractivity contribution < 1.29 is 19.0 Å². The number of pyridine rings is 2. The second-order valence-corrected chi connectivity index (χ2v) is 9.96. The van der Waals surface area contributed by atoms with E-state index >= 15 is 0 Å². The quantitative estimate of drug-likeness (QED) is 0.476. The highest BCUT2D eigenvalue weighted by atomic mass is 16.5. The van der Waals surface area contributed by atoms with Crippen molar-refractivity contribution in [3.63, 3.8) is 0 Å². The van der Waals surface area contributed by atoms with Gasteiger partial charge >= 0.3 is 0 Å². The number of nitrogens with one attached hydrogen (secondary N) is 1. The highest BCUT2D eigenvalue weighted by Gasteiger charge is 2.25. The van der Waals surface area contributed by atoms with E-state index in [1.807, 2.05) is 18.2 Å². The molecular weight excluding hydrogens is 486 g/mol. The van der Waals surface area contributed by atoms with Crippen LogP contribution in [0.4, 0.5) is 11.8 Å². The maximum absolute atomic E-state index is 11.9. The summed E-state index contributed by atoms with van der Waals surface area (Å²) in [4.78, 5) is 34.2. The smallest absolute Gasteiger partial charge is 0.260 e. The van der Waals surface area contributed by atoms with Gasteiger partial charge in [0.1, 0.15) is 11.9 Å². The first-order valence-corrected chi connectivity index (χ1v) is 13.5. The van der Waals surface area contributed by atoms with Crippen LogP contribution in [0.2, 0.25) is 0 Å². The average molecular weight is 520 g/mol. The molecule has 11 heteroatoms. The number of aromatic nitrogens is 4. The van der Waals surface area contributed by atoms with E-state index in [1.54, 1.807) is 23.5 Å². The summed E-state index contributed by atoms with van der Waals surface area (Å²) in [5.74, 6) is 2.60. The zero-order chi connectivity index (χ0) is 25.7. The highest BCUT2D eigenvalue weighted by molar-refractivity contribution is 5.85. The summed E-state index contributed by atoms with van der Waals surface area (Å²) < 4.78 is 17.5. The maximum Gasteiger partial charge on any atom is 0.260 e. The summed E-state index contributed by atoms with van der Waals surface area (Å²) in [6.45, 7) is 4.69. The van der Waals surface area contributed by atoms with E-state index in [0.29, 0.717) is 30.8 Å². The van der Waals surface area contributed by atoms with E-state index in [4.69, 9.17) is 19.2 Å². The molecule has 1 aliphatic carbocycles. The first kappa shape index (κ1) is 24.6. The molecule has 3 aliphatic rings. The van der Waals surface area contributed by atoms with Gasteiger partial charge in [-0.05, 0) is 44.2 Å². The number of carbonyl (C=O) groups excluding carboxylic acids is 1. The van der Waals surface area contributed by atoms with Crippen LogP contribution < -0.4 is 19.7 Å². The van der Waals surface area contributed by atoms with E-state index in [1.165, 1.54) is 0 Å². The number of anilines is 2. The lowest BCUT2D eigenvalue weighted by Gasteiger charge is -2.31. The zero-order valence-corrected chi connectivity index (χ0v) is 21.4. The Hall–Kier alpha value is -3.73. The van der Waals surface area contributed by atoms with Crippen molar-refractivity contribution in [3.05, 3.63) is 36.8 Å². The van der Waals surface area contributed by atoms with Crippen LogP contribution >= 0.6 is 0 Å². The van der Waals surface area contributed by atoms with E-state index in [-0.39, 0.29) is 24.7 Å². The summed E-state index contributed by atoms with van der Waals surface area (Å²) in [6, 6.07) is 6.24. The van der Waals surface area contributed by atoms with Crippen LogP contribution in [0.25, 0.3) is 10.9 Å². The minimum absolute atomic E-state index is 0.00436. The number of morpholine rings is 1. The molecule has 0 spiro atoms. The molecule has 0 atom stereocenters. The molecule has 2 aliphatic heterocycles. The van der Waals surface area contributed by atoms with Crippen molar-refractivity contribution >= 4 is 28.6 Å². The summed E-state index contributed by atoms with van der Waals surface area (Å²) in [6.07, 6.45) is 9.87. The van der Waals surface area contributed by atoms with E-state index < -0.39 is 0 Å². The lowest BCUT2D eigenvalue weighted by Crippen LogP contribution is -2.44. The number of rotatable bonds is 8. The number of likely N-dealkylation sites (tertiary alicyclic amines) is 1. The van der Waals surface area contributed by atoms with Gasteiger partial charge in [-0.15, -0.1) is 0 Å². The maximum atomic E-state index is 11.9. The number of hydrogen-bond donors (Lipinski definition) is 1. The normalized spacial score (nSPS) is 21.6. The average Bonchev–Trinajstić information content (AvgIpc) is 2.93. The minimum atomic E-state index is 0.00436. The highest BCUT2D eigenvalue weighted by Crippen LogP contribution is 2.31. The van der Waals surface area contributed by atoms with Crippen LogP contribution in [0.1, 0.15) is 32.1 Å². The molecule has 3 aromatic heterocycles. The monoisotopic (exact) mass is 519 g/mol. The van der Waals surface area contributed by atoms with Crippen LogP contribution in [-0.4, -0.2) is 88.9 Å². The first-order valence-electron chi connectivity index (χ1n) is 13.5. The molecule has 6 rings (SSSR count). The molecule has 11 nitrogen and oxygen atoms in total. The van der Waals surface area contributed by atoms with Crippen molar-refractivity contribution in [1.29, 1.82) is 0 Å².